The van der Waals surface area contributed by atoms with Crippen LogP contribution >= 0.6 is 11.6 Å². The van der Waals surface area contributed by atoms with Gasteiger partial charge in [-0.25, -0.2) is 4.98 Å². The molecule has 6 heteroatoms. The van der Waals surface area contributed by atoms with Crippen molar-refractivity contribution in [2.75, 3.05) is 18.0 Å². The number of nitrogens with one attached hydrogen (secondary N) is 1. The van der Waals surface area contributed by atoms with Crippen LogP contribution in [-0.4, -0.2) is 28.6 Å². The number of nitrogens with two attached hydrogens (primary N) is 1. The summed E-state index contributed by atoms with van der Waals surface area (Å²) in [5.41, 5.74) is 5.55. The maximum atomic E-state index is 11.2. The highest BCUT2D eigenvalue weighted by Crippen LogP contribution is 2.29. The Morgan fingerprint density at radius 2 is 2.40 bits per heavy atom. The monoisotopic (exact) mass is 228 g/mol. The van der Waals surface area contributed by atoms with E-state index in [9.17, 15) is 4.79 Å². The lowest BCUT2D eigenvalue weighted by molar-refractivity contribution is 0.320. The van der Waals surface area contributed by atoms with Gasteiger partial charge in [-0.2, -0.15) is 0 Å². The minimum Gasteiger partial charge on any atom is -0.351 e. The van der Waals surface area contributed by atoms with Crippen LogP contribution in [0.4, 0.5) is 5.82 Å². The third kappa shape index (κ3) is 1.72. The van der Waals surface area contributed by atoms with E-state index >= 15 is 0 Å². The van der Waals surface area contributed by atoms with E-state index in [0.717, 1.165) is 6.42 Å². The molecule has 1 fully saturated rings. The fourth-order valence-corrected chi connectivity index (χ4v) is 1.90. The largest absolute Gasteiger partial charge is 0.351 e. The van der Waals surface area contributed by atoms with Crippen molar-refractivity contribution < 1.29 is 0 Å². The van der Waals surface area contributed by atoms with Gasteiger partial charge in [-0.3, -0.25) is 4.79 Å². The summed E-state index contributed by atoms with van der Waals surface area (Å²) in [5.74, 6) is 0.523. The standard InChI is InChI=1S/C9H13ClN4O/c1-2-9(11)3-14(4-9)7-6(10)8(15)13-5-12-7/h5H,2-4,11H2,1H3,(H,12,13,15). The molecular weight excluding hydrogens is 216 g/mol. The van der Waals surface area contributed by atoms with Gasteiger partial charge in [0.15, 0.2) is 5.82 Å². The molecule has 3 N–H and O–H groups in total. The Kier molecular flexibility index (Phi) is 2.44. The molecule has 2 heterocycles. The molecule has 15 heavy (non-hydrogen) atoms. The van der Waals surface area contributed by atoms with E-state index in [2.05, 4.69) is 9.97 Å². The topological polar surface area (TPSA) is 75.0 Å². The normalized spacial score (nSPS) is 18.7. The van der Waals surface area contributed by atoms with Crippen LogP contribution in [0.2, 0.25) is 5.02 Å². The summed E-state index contributed by atoms with van der Waals surface area (Å²) in [4.78, 5) is 19.6. The van der Waals surface area contributed by atoms with Crippen LogP contribution < -0.4 is 16.2 Å². The van der Waals surface area contributed by atoms with Gasteiger partial charge < -0.3 is 15.6 Å². The molecule has 1 aromatic heterocycles. The van der Waals surface area contributed by atoms with Crippen molar-refractivity contribution in [3.8, 4) is 0 Å². The first-order chi connectivity index (χ1) is 7.06. The van der Waals surface area contributed by atoms with Gasteiger partial charge in [0, 0.05) is 13.1 Å². The highest BCUT2D eigenvalue weighted by Gasteiger charge is 2.39. The number of hydrogen-bond acceptors (Lipinski definition) is 4. The smallest absolute Gasteiger partial charge is 0.271 e. The van der Waals surface area contributed by atoms with E-state index in [-0.39, 0.29) is 16.1 Å². The number of halogens is 1. The molecular formula is C9H13ClN4O. The Bertz CT molecular complexity index is 424. The van der Waals surface area contributed by atoms with E-state index in [1.165, 1.54) is 6.33 Å². The van der Waals surface area contributed by atoms with Crippen LogP contribution in [0.3, 0.4) is 0 Å². The van der Waals surface area contributed by atoms with Gasteiger partial charge in [0.25, 0.3) is 5.56 Å². The third-order valence-corrected chi connectivity index (χ3v) is 3.13. The van der Waals surface area contributed by atoms with E-state index < -0.39 is 0 Å². The molecule has 0 amide bonds. The van der Waals surface area contributed by atoms with Gasteiger partial charge in [0.05, 0.1) is 11.9 Å². The van der Waals surface area contributed by atoms with Crippen molar-refractivity contribution in [1.82, 2.24) is 9.97 Å². The van der Waals surface area contributed by atoms with Crippen LogP contribution in [0.15, 0.2) is 11.1 Å². The van der Waals surface area contributed by atoms with E-state index in [4.69, 9.17) is 17.3 Å². The number of aromatic nitrogens is 2. The summed E-state index contributed by atoms with van der Waals surface area (Å²) in [7, 11) is 0. The van der Waals surface area contributed by atoms with Gasteiger partial charge in [0.1, 0.15) is 5.02 Å². The Hall–Kier alpha value is -1.07. The Balaban J connectivity index is 2.20. The van der Waals surface area contributed by atoms with E-state index in [1.807, 2.05) is 11.8 Å². The molecule has 2 rings (SSSR count). The van der Waals surface area contributed by atoms with Gasteiger partial charge in [-0.15, -0.1) is 0 Å². The molecule has 0 bridgehead atoms. The van der Waals surface area contributed by atoms with Crippen LogP contribution in [0.5, 0.6) is 0 Å². The first kappa shape index (κ1) is 10.4. The molecule has 0 unspecified atom stereocenters. The lowest BCUT2D eigenvalue weighted by Crippen LogP contribution is -2.67. The third-order valence-electron chi connectivity index (χ3n) is 2.79. The maximum Gasteiger partial charge on any atom is 0.271 e. The summed E-state index contributed by atoms with van der Waals surface area (Å²) in [6.45, 7) is 3.43. The molecule has 1 aliphatic rings. The van der Waals surface area contributed by atoms with Crippen molar-refractivity contribution >= 4 is 17.4 Å². The molecule has 0 aromatic carbocycles. The molecule has 0 radical (unpaired) electrons. The molecule has 82 valence electrons. The molecule has 0 atom stereocenters. The second-order valence-corrected chi connectivity index (χ2v) is 4.32. The summed E-state index contributed by atoms with van der Waals surface area (Å²) >= 11 is 5.85. The Labute approximate surface area is 92.3 Å². The van der Waals surface area contributed by atoms with Crippen LogP contribution in [0.25, 0.3) is 0 Å². The summed E-state index contributed by atoms with van der Waals surface area (Å²) in [5, 5.41) is 0.135. The molecule has 5 nitrogen and oxygen atoms in total. The zero-order chi connectivity index (χ0) is 11.1. The lowest BCUT2D eigenvalue weighted by atomic mass is 9.88. The fraction of sp³-hybridized carbons (Fsp3) is 0.556. The first-order valence-electron chi connectivity index (χ1n) is 4.83. The van der Waals surface area contributed by atoms with Crippen LogP contribution in [0, 0.1) is 0 Å². The molecule has 1 saturated heterocycles. The lowest BCUT2D eigenvalue weighted by Gasteiger charge is -2.48. The second-order valence-electron chi connectivity index (χ2n) is 3.94. The minimum absolute atomic E-state index is 0.135. The number of rotatable bonds is 2. The number of aromatic amines is 1. The van der Waals surface area contributed by atoms with Crippen LogP contribution in [0.1, 0.15) is 13.3 Å². The zero-order valence-corrected chi connectivity index (χ0v) is 9.21. The van der Waals surface area contributed by atoms with Crippen molar-refractivity contribution in [3.05, 3.63) is 21.7 Å². The SMILES string of the molecule is CCC1(N)CN(c2nc[nH]c(=O)c2Cl)C1. The molecule has 1 aliphatic heterocycles. The van der Waals surface area contributed by atoms with Crippen molar-refractivity contribution in [2.45, 2.75) is 18.9 Å². The second kappa shape index (κ2) is 3.50. The van der Waals surface area contributed by atoms with Crippen molar-refractivity contribution in [2.24, 2.45) is 5.73 Å². The molecule has 0 spiro atoms. The number of anilines is 1. The molecule has 0 saturated carbocycles. The van der Waals surface area contributed by atoms with Crippen LogP contribution in [-0.2, 0) is 0 Å². The minimum atomic E-state index is -0.312. The predicted molar refractivity (Wildman–Crippen MR) is 59.3 cm³/mol. The van der Waals surface area contributed by atoms with Gasteiger partial charge in [-0.05, 0) is 6.42 Å². The van der Waals surface area contributed by atoms with Gasteiger partial charge in [0.2, 0.25) is 0 Å². The number of H-pyrrole nitrogens is 1. The number of nitrogens with zero attached hydrogens (tertiary/aromatic N) is 2. The van der Waals surface area contributed by atoms with Crippen molar-refractivity contribution in [1.29, 1.82) is 0 Å². The fourth-order valence-electron chi connectivity index (χ4n) is 1.68. The van der Waals surface area contributed by atoms with Crippen molar-refractivity contribution in [3.63, 3.8) is 0 Å². The Morgan fingerprint density at radius 3 is 3.00 bits per heavy atom. The predicted octanol–water partition coefficient (Wildman–Crippen LogP) is 0.351. The summed E-state index contributed by atoms with van der Waals surface area (Å²) < 4.78 is 0. The maximum absolute atomic E-state index is 11.2. The number of hydrogen-bond donors (Lipinski definition) is 2. The van der Waals surface area contributed by atoms with E-state index in [1.54, 1.807) is 0 Å². The molecule has 0 aliphatic carbocycles. The van der Waals surface area contributed by atoms with Gasteiger partial charge >= 0.3 is 0 Å². The first-order valence-corrected chi connectivity index (χ1v) is 5.20. The molecule has 1 aromatic rings. The average molecular weight is 229 g/mol. The highest BCUT2D eigenvalue weighted by molar-refractivity contribution is 6.32. The highest BCUT2D eigenvalue weighted by atomic mass is 35.5. The summed E-state index contributed by atoms with van der Waals surface area (Å²) in [6.07, 6.45) is 2.26. The van der Waals surface area contributed by atoms with E-state index in [0.29, 0.717) is 18.9 Å². The average Bonchev–Trinajstić information content (AvgIpc) is 2.18. The summed E-state index contributed by atoms with van der Waals surface area (Å²) in [6, 6.07) is 0. The van der Waals surface area contributed by atoms with Gasteiger partial charge in [-0.1, -0.05) is 18.5 Å². The Morgan fingerprint density at radius 1 is 1.73 bits per heavy atom. The zero-order valence-electron chi connectivity index (χ0n) is 8.46. The quantitative estimate of drug-likeness (QED) is 0.766.